The molecule has 0 aliphatic carbocycles. The molecule has 0 atom stereocenters. The van der Waals surface area contributed by atoms with Gasteiger partial charge in [0.15, 0.2) is 13.2 Å². The maximum absolute atomic E-state index is 11.6. The first kappa shape index (κ1) is 87.2. The van der Waals surface area contributed by atoms with Gasteiger partial charge in [-0.25, -0.2) is 20.3 Å². The number of unbranched alkanes of at least 4 members (excludes halogenated alkanes) is 8. The van der Waals surface area contributed by atoms with Gasteiger partial charge in [0, 0.05) is 167 Å². The van der Waals surface area contributed by atoms with E-state index in [1.807, 2.05) is 50.3 Å². The second-order valence-corrected chi connectivity index (χ2v) is 28.5. The standard InChI is InChI=1S/C16H12O.C14H28N2O3.C13H24N2O3.C10H20N2O3.2CH4.S6.S5/c17-10-9-16-14-7-3-1-5-12(14)11-13-6-2-4-8-15(13)16;1-4-6-7-8-9-11-16(3)14(17)18-12-13-19-15-10-5-2;1-4-6-7-8-10-15(3)13(16)17-11-12-18-14-9-5-2;1-3-4-5-6-7-12(2)10(13)14-8-9-15-11;;;1-3-5-6-4-2;1-3-5-4-2/h1-8,10-11H,9H2;10H,4-9,11-13H2,1-3H3;4,9H,1,5-8,10-12H2,2-3H3;3H,1,4-9,11H2,2H3;2*1H4;;. The molecule has 82 heavy (non-hydrogen) atoms. The molecule has 0 aromatic heterocycles. The molecule has 2 N–H and O–H groups in total. The van der Waals surface area contributed by atoms with Crippen LogP contribution in [0, 0.1) is 0 Å². The number of benzene rings is 3. The molecule has 0 heterocycles. The van der Waals surface area contributed by atoms with E-state index in [1.54, 1.807) is 48.3 Å². The minimum Gasteiger partial charge on any atom is -0.447 e. The number of hydrogen-bond donors (Lipinski definition) is 1. The topological polar surface area (TPSA) is 184 Å². The van der Waals surface area contributed by atoms with E-state index in [0.717, 1.165) is 76.2 Å². The number of hydrogen-bond acceptors (Lipinski definition) is 17. The summed E-state index contributed by atoms with van der Waals surface area (Å²) in [6, 6.07) is 18.6. The molecule has 0 spiro atoms. The summed E-state index contributed by atoms with van der Waals surface area (Å²) in [5.41, 5.74) is 1.13. The lowest BCUT2D eigenvalue weighted by atomic mass is 9.95. The van der Waals surface area contributed by atoms with E-state index in [-0.39, 0.29) is 66.2 Å². The van der Waals surface area contributed by atoms with Gasteiger partial charge in [-0.3, -0.25) is 0 Å². The van der Waals surface area contributed by atoms with Crippen LogP contribution in [0.1, 0.15) is 125 Å². The van der Waals surface area contributed by atoms with Crippen molar-refractivity contribution < 1.29 is 47.9 Å². The van der Waals surface area contributed by atoms with Gasteiger partial charge < -0.3 is 48.2 Å². The Balaban J connectivity index is -0.000000300. The molecule has 0 aliphatic heterocycles. The number of nitrogens with zero attached hydrogens (tertiary/aromatic N) is 5. The summed E-state index contributed by atoms with van der Waals surface area (Å²) in [5, 5.41) is 12.1. The number of nitrogens with two attached hydrogens (primary N) is 1. The van der Waals surface area contributed by atoms with Crippen LogP contribution in [0.3, 0.4) is 0 Å². The zero-order valence-corrected chi connectivity index (χ0v) is 56.1. The average molecular weight is 1350 g/mol. The summed E-state index contributed by atoms with van der Waals surface area (Å²) >= 11 is 17.9. The molecule has 0 bridgehead atoms. The Morgan fingerprint density at radius 2 is 0.939 bits per heavy atom. The van der Waals surface area contributed by atoms with E-state index in [4.69, 9.17) is 29.8 Å². The Kier molecular flexibility index (Phi) is 72.5. The predicted octanol–water partition coefficient (Wildman–Crippen LogP) is 12.5. The Morgan fingerprint density at radius 3 is 1.28 bits per heavy atom. The fourth-order valence-corrected chi connectivity index (χ4v) is 14.4. The fraction of sp³-hybridized carbons (Fsp3) is 0.564. The molecule has 0 radical (unpaired) electrons. The summed E-state index contributed by atoms with van der Waals surface area (Å²) in [7, 11) is 14.8. The Labute approximate surface area is 531 Å². The Bertz CT molecular complexity index is 2430. The smallest absolute Gasteiger partial charge is 0.409 e. The van der Waals surface area contributed by atoms with Crippen molar-refractivity contribution in [3.8, 4) is 0 Å². The number of carbonyl (C=O) groups is 4. The number of carbonyl (C=O) groups excluding carboxylic acids is 4. The van der Waals surface area contributed by atoms with Gasteiger partial charge in [-0.15, -0.1) is 13.2 Å². The summed E-state index contributed by atoms with van der Waals surface area (Å²) in [4.78, 5) is 64.0. The SMILES string of the molecule is C.C.C=CCCCCN(C)C(=O)OCCON.C=CCCCCN(C)C(=O)OCCON=CCC.CCC=NOCCOC(=O)N(C)CCCCCCC.O=CCc1c2ccccc2cc2ccccc12.S=S=S=S=S.S=S=S=S=S=S. The van der Waals surface area contributed by atoms with Crippen LogP contribution in [0.5, 0.6) is 0 Å². The minimum atomic E-state index is -0.342. The first-order valence-electron chi connectivity index (χ1n) is 25.8. The van der Waals surface area contributed by atoms with Gasteiger partial charge in [0.2, 0.25) is 0 Å². The molecule has 0 fully saturated rings. The summed E-state index contributed by atoms with van der Waals surface area (Å²) in [6.45, 7) is 17.0. The highest BCUT2D eigenvalue weighted by molar-refractivity contribution is 8.64. The lowest BCUT2D eigenvalue weighted by Gasteiger charge is -2.16. The normalized spacial score (nSPS) is 9.55. The summed E-state index contributed by atoms with van der Waals surface area (Å²) in [5.74, 6) is 4.79. The van der Waals surface area contributed by atoms with Crippen molar-refractivity contribution in [2.24, 2.45) is 16.2 Å². The monoisotopic (exact) mass is 1350 g/mol. The summed E-state index contributed by atoms with van der Waals surface area (Å²) < 4.78 is 14.9. The van der Waals surface area contributed by atoms with Crippen molar-refractivity contribution in [3.05, 3.63) is 85.5 Å². The number of ether oxygens (including phenoxy) is 3. The molecule has 0 aliphatic rings. The first-order valence-corrected chi connectivity index (χ1v) is 37.8. The maximum Gasteiger partial charge on any atom is 0.409 e. The molecule has 27 heteroatoms. The maximum atomic E-state index is 11.6. The number of rotatable bonds is 31. The molecule has 0 saturated carbocycles. The highest BCUT2D eigenvalue weighted by Gasteiger charge is 2.11. The van der Waals surface area contributed by atoms with Crippen LogP contribution in [0.15, 0.2) is 90.2 Å². The molecule has 3 rings (SSSR count). The molecular weight excluding hydrogens is 1260 g/mol. The van der Waals surface area contributed by atoms with Gasteiger partial charge in [0.1, 0.15) is 32.7 Å². The van der Waals surface area contributed by atoms with E-state index in [0.29, 0.717) is 26.1 Å². The number of aldehydes is 1. The fourth-order valence-electron chi connectivity index (χ4n) is 6.15. The largest absolute Gasteiger partial charge is 0.447 e. The third-order valence-corrected chi connectivity index (χ3v) is 21.1. The van der Waals surface area contributed by atoms with Crippen molar-refractivity contribution in [1.82, 2.24) is 14.7 Å². The Morgan fingerprint density at radius 1 is 0.561 bits per heavy atom. The highest BCUT2D eigenvalue weighted by atomic mass is 33.3. The van der Waals surface area contributed by atoms with Gasteiger partial charge in [-0.05, 0) is 91.0 Å². The molecule has 0 unspecified atom stereocenters. The van der Waals surface area contributed by atoms with Gasteiger partial charge in [-0.2, -0.15) is 0 Å². The van der Waals surface area contributed by atoms with Gasteiger partial charge in [-0.1, -0.05) is 132 Å². The zero-order chi connectivity index (χ0) is 60.1. The molecule has 0 saturated heterocycles. The summed E-state index contributed by atoms with van der Waals surface area (Å²) in [6.07, 6.45) is 21.1. The van der Waals surface area contributed by atoms with Crippen LogP contribution >= 0.6 is 0 Å². The molecule has 468 valence electrons. The molecule has 16 nitrogen and oxygen atoms in total. The molecular formula is C55H92N6O10S11. The third kappa shape index (κ3) is 53.2. The average Bonchev–Trinajstić information content (AvgIpc) is 3.47. The molecule has 3 aromatic carbocycles. The van der Waals surface area contributed by atoms with Crippen LogP contribution in [-0.4, -0.2) is 132 Å². The lowest BCUT2D eigenvalue weighted by molar-refractivity contribution is -0.107. The molecule has 3 aromatic rings. The predicted molar refractivity (Wildman–Crippen MR) is 374 cm³/mol. The number of amides is 3. The van der Waals surface area contributed by atoms with Gasteiger partial charge in [0.05, 0.1) is 0 Å². The number of fused-ring (bicyclic) bond motifs is 2. The van der Waals surface area contributed by atoms with Crippen LogP contribution in [0.25, 0.3) is 21.5 Å². The van der Waals surface area contributed by atoms with Crippen LogP contribution in [-0.2, 0) is 147 Å². The second-order valence-electron chi connectivity index (χ2n) is 16.2. The van der Waals surface area contributed by atoms with Crippen molar-refractivity contribution in [2.75, 3.05) is 80.4 Å². The number of oxime groups is 2. The first-order chi connectivity index (χ1) is 38.9. The lowest BCUT2D eigenvalue weighted by Crippen LogP contribution is -2.29. The van der Waals surface area contributed by atoms with Crippen LogP contribution < -0.4 is 5.90 Å². The van der Waals surface area contributed by atoms with Crippen molar-refractivity contribution in [2.45, 2.75) is 126 Å². The Hall–Kier alpha value is -3.58. The van der Waals surface area contributed by atoms with Gasteiger partial charge >= 0.3 is 18.3 Å². The zero-order valence-electron chi connectivity index (χ0n) is 47.1. The van der Waals surface area contributed by atoms with E-state index < -0.39 is 0 Å². The van der Waals surface area contributed by atoms with Gasteiger partial charge in [0.25, 0.3) is 0 Å². The van der Waals surface area contributed by atoms with E-state index in [1.165, 1.54) is 109 Å². The second kappa shape index (κ2) is 68.2. The van der Waals surface area contributed by atoms with Crippen LogP contribution in [0.4, 0.5) is 14.4 Å². The molecule has 3 amide bonds. The third-order valence-electron chi connectivity index (χ3n) is 10.0. The van der Waals surface area contributed by atoms with E-state index in [9.17, 15) is 19.2 Å². The van der Waals surface area contributed by atoms with Crippen molar-refractivity contribution in [1.29, 1.82) is 0 Å². The van der Waals surface area contributed by atoms with E-state index >= 15 is 0 Å². The van der Waals surface area contributed by atoms with E-state index in [2.05, 4.69) is 110 Å². The van der Waals surface area contributed by atoms with Crippen LogP contribution in [0.2, 0.25) is 0 Å². The highest BCUT2D eigenvalue weighted by Crippen LogP contribution is 2.28. The number of allylic oxidation sites excluding steroid dienone is 2. The van der Waals surface area contributed by atoms with Crippen molar-refractivity contribution >= 4 is 165 Å². The van der Waals surface area contributed by atoms with Crippen molar-refractivity contribution in [3.63, 3.8) is 0 Å². The minimum absolute atomic E-state index is 0. The quantitative estimate of drug-likeness (QED) is 0.0122.